The quantitative estimate of drug-likeness (QED) is 0.518. The van der Waals surface area contributed by atoms with Crippen LogP contribution < -0.4 is 0 Å². The van der Waals surface area contributed by atoms with Crippen molar-refractivity contribution in [3.8, 4) is 0 Å². The van der Waals surface area contributed by atoms with E-state index in [9.17, 15) is 18.0 Å². The van der Waals surface area contributed by atoms with E-state index < -0.39 is 38.1 Å². The molecule has 0 aliphatic rings. The van der Waals surface area contributed by atoms with Crippen molar-refractivity contribution in [1.29, 1.82) is 0 Å². The Morgan fingerprint density at radius 3 is 1.94 bits per heavy atom. The predicted octanol–water partition coefficient (Wildman–Crippen LogP) is -0.0511. The fourth-order valence-electron chi connectivity index (χ4n) is 1.05. The van der Waals surface area contributed by atoms with Gasteiger partial charge in [0.25, 0.3) is 10.1 Å². The maximum Gasteiger partial charge on any atom is 0.337 e. The van der Waals surface area contributed by atoms with E-state index in [1.165, 1.54) is 0 Å². The van der Waals surface area contributed by atoms with Crippen molar-refractivity contribution in [1.82, 2.24) is 0 Å². The van der Waals surface area contributed by atoms with E-state index in [0.29, 0.717) is 6.07 Å². The molecule has 1 aromatic carbocycles. The van der Waals surface area contributed by atoms with Crippen LogP contribution in [0.5, 0.6) is 0 Å². The van der Waals surface area contributed by atoms with Gasteiger partial charge >= 0.3 is 11.9 Å². The van der Waals surface area contributed by atoms with E-state index in [0.717, 1.165) is 12.1 Å². The smallest absolute Gasteiger partial charge is 0.337 e. The van der Waals surface area contributed by atoms with Crippen molar-refractivity contribution in [2.75, 3.05) is 0 Å². The van der Waals surface area contributed by atoms with Crippen LogP contribution in [0.2, 0.25) is 0 Å². The Morgan fingerprint density at radius 2 is 1.59 bits per heavy atom. The molecule has 1 aromatic rings. The van der Waals surface area contributed by atoms with Gasteiger partial charge in [-0.3, -0.25) is 4.55 Å². The summed E-state index contributed by atoms with van der Waals surface area (Å²) in [5.41, 5.74) is -1.12. The molecule has 87 valence electrons. The number of rotatable bonds is 3. The van der Waals surface area contributed by atoms with Crippen LogP contribution in [0, 0.1) is 0 Å². The Balaban J connectivity index is 0.00000256. The van der Waals surface area contributed by atoms with Crippen molar-refractivity contribution < 1.29 is 32.8 Å². The maximum absolute atomic E-state index is 10.8. The largest absolute Gasteiger partial charge is 0.478 e. The van der Waals surface area contributed by atoms with Crippen LogP contribution in [-0.4, -0.2) is 64.7 Å². The van der Waals surface area contributed by atoms with Gasteiger partial charge in [-0.15, -0.1) is 0 Å². The summed E-state index contributed by atoms with van der Waals surface area (Å²) in [6.07, 6.45) is 0. The topological polar surface area (TPSA) is 129 Å². The van der Waals surface area contributed by atoms with E-state index in [1.54, 1.807) is 0 Å². The van der Waals surface area contributed by atoms with Gasteiger partial charge in [-0.05, 0) is 18.2 Å². The molecule has 0 bridgehead atoms. The van der Waals surface area contributed by atoms with Crippen LogP contribution in [0.1, 0.15) is 20.7 Å². The Kier molecular flexibility index (Phi) is 5.30. The maximum atomic E-state index is 10.8. The molecule has 0 aliphatic heterocycles. The minimum atomic E-state index is -4.78. The number of carbonyl (C=O) groups is 2. The van der Waals surface area contributed by atoms with Crippen LogP contribution >= 0.6 is 0 Å². The molecule has 9 heteroatoms. The van der Waals surface area contributed by atoms with Crippen LogP contribution in [-0.2, 0) is 10.1 Å². The number of aromatic carboxylic acids is 2. The summed E-state index contributed by atoms with van der Waals surface area (Å²) in [6.45, 7) is 0. The molecule has 0 spiro atoms. The summed E-state index contributed by atoms with van der Waals surface area (Å²) in [4.78, 5) is 20.2. The van der Waals surface area contributed by atoms with E-state index in [4.69, 9.17) is 14.8 Å². The first-order valence-electron chi connectivity index (χ1n) is 3.81. The zero-order chi connectivity index (χ0) is 12.5. The number of benzene rings is 1. The van der Waals surface area contributed by atoms with Gasteiger partial charge in [0.15, 0.2) is 0 Å². The summed E-state index contributed by atoms with van der Waals surface area (Å²) in [7, 11) is -4.78. The average molecular weight is 269 g/mol. The normalized spacial score (nSPS) is 10.4. The Hall–Kier alpha value is -0.930. The second kappa shape index (κ2) is 5.61. The van der Waals surface area contributed by atoms with Gasteiger partial charge in [-0.2, -0.15) is 8.42 Å². The zero-order valence-electron chi connectivity index (χ0n) is 8.61. The molecule has 0 aliphatic carbocycles. The summed E-state index contributed by atoms with van der Waals surface area (Å²) in [5.74, 6) is -3.01. The van der Waals surface area contributed by atoms with Gasteiger partial charge in [0.1, 0.15) is 4.90 Å². The average Bonchev–Trinajstić information content (AvgIpc) is 2.15. The van der Waals surface area contributed by atoms with E-state index in [-0.39, 0.29) is 29.6 Å². The second-order valence-electron chi connectivity index (χ2n) is 2.80. The van der Waals surface area contributed by atoms with E-state index in [1.807, 2.05) is 0 Å². The van der Waals surface area contributed by atoms with Gasteiger partial charge in [0.2, 0.25) is 0 Å². The first kappa shape index (κ1) is 16.1. The molecule has 1 radical (unpaired) electrons. The molecular formula is C8H6NaO7S. The van der Waals surface area contributed by atoms with E-state index in [2.05, 4.69) is 0 Å². The van der Waals surface area contributed by atoms with Crippen molar-refractivity contribution >= 4 is 51.6 Å². The van der Waals surface area contributed by atoms with Crippen molar-refractivity contribution in [3.63, 3.8) is 0 Å². The van der Waals surface area contributed by atoms with E-state index >= 15 is 0 Å². The Labute approximate surface area is 118 Å². The molecule has 1 rings (SSSR count). The number of carboxylic acids is 2. The molecule has 0 atom stereocenters. The van der Waals surface area contributed by atoms with Crippen molar-refractivity contribution in [2.45, 2.75) is 4.90 Å². The summed E-state index contributed by atoms with van der Waals surface area (Å²) < 4.78 is 30.4. The summed E-state index contributed by atoms with van der Waals surface area (Å²) in [5, 5.41) is 17.2. The first-order valence-corrected chi connectivity index (χ1v) is 5.25. The van der Waals surface area contributed by atoms with Crippen LogP contribution in [0.15, 0.2) is 23.1 Å². The Bertz CT molecular complexity index is 563. The molecule has 0 unspecified atom stereocenters. The third-order valence-electron chi connectivity index (χ3n) is 1.74. The second-order valence-corrected chi connectivity index (χ2v) is 4.19. The molecule has 0 aromatic heterocycles. The summed E-state index contributed by atoms with van der Waals surface area (Å²) in [6, 6.07) is 2.32. The minimum Gasteiger partial charge on any atom is -0.478 e. The molecule has 17 heavy (non-hydrogen) atoms. The van der Waals surface area contributed by atoms with Gasteiger partial charge in [-0.1, -0.05) is 0 Å². The standard InChI is InChI=1S/C8H6O7S.Na/c9-7(10)4-1-2-5(8(11)12)6(3-4)16(13,14)15;/h1-3H,(H,9,10)(H,11,12)(H,13,14,15);. The monoisotopic (exact) mass is 269 g/mol. The third kappa shape index (κ3) is 3.79. The predicted molar refractivity (Wildman–Crippen MR) is 55.9 cm³/mol. The van der Waals surface area contributed by atoms with Crippen LogP contribution in [0.25, 0.3) is 0 Å². The SMILES string of the molecule is O=C(O)c1ccc(C(=O)O)c(S(=O)(=O)O)c1.[Na]. The molecule has 0 amide bonds. The van der Waals surface area contributed by atoms with Crippen molar-refractivity contribution in [3.05, 3.63) is 29.3 Å². The molecular weight excluding hydrogens is 263 g/mol. The van der Waals surface area contributed by atoms with Gasteiger partial charge in [-0.25, -0.2) is 9.59 Å². The molecule has 0 fully saturated rings. The third-order valence-corrected chi connectivity index (χ3v) is 2.63. The molecule has 0 saturated carbocycles. The minimum absolute atomic E-state index is 0. The molecule has 7 nitrogen and oxygen atoms in total. The number of hydrogen-bond acceptors (Lipinski definition) is 4. The van der Waals surface area contributed by atoms with Gasteiger partial charge in [0, 0.05) is 29.6 Å². The fraction of sp³-hybridized carbons (Fsp3) is 0. The summed E-state index contributed by atoms with van der Waals surface area (Å²) >= 11 is 0. The molecule has 0 heterocycles. The van der Waals surface area contributed by atoms with Gasteiger partial charge in [0.05, 0.1) is 11.1 Å². The number of carboxylic acid groups (broad SMARTS) is 2. The first-order chi connectivity index (χ1) is 7.23. The van der Waals surface area contributed by atoms with Crippen LogP contribution in [0.4, 0.5) is 0 Å². The molecule has 0 saturated heterocycles. The number of hydrogen-bond donors (Lipinski definition) is 3. The molecule has 3 N–H and O–H groups in total. The van der Waals surface area contributed by atoms with Gasteiger partial charge < -0.3 is 10.2 Å². The zero-order valence-corrected chi connectivity index (χ0v) is 11.4. The Morgan fingerprint density at radius 1 is 1.06 bits per heavy atom. The fourth-order valence-corrected chi connectivity index (χ4v) is 1.75. The van der Waals surface area contributed by atoms with Crippen molar-refractivity contribution in [2.24, 2.45) is 0 Å². The van der Waals surface area contributed by atoms with Crippen LogP contribution in [0.3, 0.4) is 0 Å².